The van der Waals surface area contributed by atoms with Gasteiger partial charge in [-0.15, -0.1) is 0 Å². The number of aromatic amines is 1. The minimum atomic E-state index is -4.65. The van der Waals surface area contributed by atoms with Crippen molar-refractivity contribution in [3.05, 3.63) is 61.8 Å². The standard InChI is InChI=1S/C27H36F4N4O2/c1-6-8-20-22(26(37)33-16(4)24(20)28)14-32-25(36)21-11-17(27(29,30)31)12-23(15(21)3)34-18-9-10-35(5)19(7-2)13-18/h11-12,18-19,34H,6-10,13-14H2,1-5H3,(H,32,36)(H,33,37). The van der Waals surface area contributed by atoms with Gasteiger partial charge in [0.05, 0.1) is 11.3 Å². The number of alkyl halides is 3. The number of hydrogen-bond acceptors (Lipinski definition) is 4. The fraction of sp³-hybridized carbons (Fsp3) is 0.556. The molecule has 2 aromatic rings. The second-order valence-electron chi connectivity index (χ2n) is 9.89. The Kier molecular flexibility index (Phi) is 9.05. The first-order valence-electron chi connectivity index (χ1n) is 12.7. The molecular formula is C27H36F4N4O2. The van der Waals surface area contributed by atoms with E-state index in [1.165, 1.54) is 6.92 Å². The van der Waals surface area contributed by atoms with Gasteiger partial charge < -0.3 is 20.5 Å². The Balaban J connectivity index is 1.91. The van der Waals surface area contributed by atoms with Crippen LogP contribution in [0.5, 0.6) is 0 Å². The zero-order chi connectivity index (χ0) is 27.5. The maximum atomic E-state index is 14.7. The summed E-state index contributed by atoms with van der Waals surface area (Å²) in [6.45, 7) is 7.50. The van der Waals surface area contributed by atoms with Crippen LogP contribution in [0.4, 0.5) is 23.2 Å². The second-order valence-corrected chi connectivity index (χ2v) is 9.89. The molecule has 2 atom stereocenters. The minimum absolute atomic E-state index is 0.0232. The number of carbonyl (C=O) groups excluding carboxylic acids is 1. The Morgan fingerprint density at radius 3 is 2.51 bits per heavy atom. The van der Waals surface area contributed by atoms with E-state index < -0.39 is 29.0 Å². The number of aryl methyl sites for hydroxylation is 1. The van der Waals surface area contributed by atoms with Crippen molar-refractivity contribution in [2.75, 3.05) is 18.9 Å². The lowest BCUT2D eigenvalue weighted by molar-refractivity contribution is -0.137. The summed E-state index contributed by atoms with van der Waals surface area (Å²) in [6.07, 6.45) is -1.28. The summed E-state index contributed by atoms with van der Waals surface area (Å²) in [5.41, 5.74) is -0.579. The van der Waals surface area contributed by atoms with Crippen LogP contribution in [0.25, 0.3) is 0 Å². The number of hydrogen-bond donors (Lipinski definition) is 3. The molecule has 6 nitrogen and oxygen atoms in total. The number of aromatic nitrogens is 1. The molecule has 0 saturated carbocycles. The van der Waals surface area contributed by atoms with Crippen LogP contribution in [-0.2, 0) is 19.1 Å². The van der Waals surface area contributed by atoms with Crippen LogP contribution >= 0.6 is 0 Å². The van der Waals surface area contributed by atoms with Crippen molar-refractivity contribution in [1.82, 2.24) is 15.2 Å². The summed E-state index contributed by atoms with van der Waals surface area (Å²) in [5.74, 6) is -1.31. The van der Waals surface area contributed by atoms with Gasteiger partial charge in [-0.25, -0.2) is 4.39 Å². The monoisotopic (exact) mass is 524 g/mol. The summed E-state index contributed by atoms with van der Waals surface area (Å²) >= 11 is 0. The van der Waals surface area contributed by atoms with Crippen LogP contribution in [-0.4, -0.2) is 41.5 Å². The Bertz CT molecular complexity index is 1190. The van der Waals surface area contributed by atoms with E-state index in [0.29, 0.717) is 24.4 Å². The number of amides is 1. The number of likely N-dealkylation sites (tertiary alicyclic amines) is 1. The molecule has 3 N–H and O–H groups in total. The second kappa shape index (κ2) is 11.7. The topological polar surface area (TPSA) is 77.2 Å². The number of rotatable bonds is 8. The van der Waals surface area contributed by atoms with Gasteiger partial charge in [0.2, 0.25) is 0 Å². The Hall–Kier alpha value is -2.88. The Morgan fingerprint density at radius 1 is 1.19 bits per heavy atom. The highest BCUT2D eigenvalue weighted by molar-refractivity contribution is 5.97. The van der Waals surface area contributed by atoms with Gasteiger partial charge in [0.25, 0.3) is 11.5 Å². The summed E-state index contributed by atoms with van der Waals surface area (Å²) in [4.78, 5) is 30.3. The van der Waals surface area contributed by atoms with Gasteiger partial charge in [-0.3, -0.25) is 9.59 Å². The lowest BCUT2D eigenvalue weighted by Crippen LogP contribution is -2.44. The molecule has 0 radical (unpaired) electrons. The molecule has 1 aliphatic heterocycles. The number of piperidine rings is 1. The number of benzene rings is 1. The van der Waals surface area contributed by atoms with Gasteiger partial charge in [-0.05, 0) is 64.3 Å². The van der Waals surface area contributed by atoms with Crippen molar-refractivity contribution in [2.45, 2.75) is 84.6 Å². The molecule has 0 aliphatic carbocycles. The van der Waals surface area contributed by atoms with Crippen molar-refractivity contribution in [3.8, 4) is 0 Å². The molecule has 0 bridgehead atoms. The van der Waals surface area contributed by atoms with Crippen molar-refractivity contribution in [3.63, 3.8) is 0 Å². The predicted molar refractivity (Wildman–Crippen MR) is 136 cm³/mol. The molecule has 2 unspecified atom stereocenters. The van der Waals surface area contributed by atoms with Crippen LogP contribution in [0.3, 0.4) is 0 Å². The van der Waals surface area contributed by atoms with Gasteiger partial charge in [0, 0.05) is 47.6 Å². The van der Waals surface area contributed by atoms with Gasteiger partial charge in [0.1, 0.15) is 5.82 Å². The summed E-state index contributed by atoms with van der Waals surface area (Å²) in [5, 5.41) is 5.80. The first-order chi connectivity index (χ1) is 17.4. The van der Waals surface area contributed by atoms with Gasteiger partial charge in [-0.1, -0.05) is 20.3 Å². The maximum Gasteiger partial charge on any atom is 0.416 e. The van der Waals surface area contributed by atoms with E-state index >= 15 is 0 Å². The number of anilines is 1. The number of carbonyl (C=O) groups is 1. The molecule has 37 heavy (non-hydrogen) atoms. The summed E-state index contributed by atoms with van der Waals surface area (Å²) in [6, 6.07) is 2.17. The number of nitrogens with zero attached hydrogens (tertiary/aromatic N) is 1. The molecule has 204 valence electrons. The van der Waals surface area contributed by atoms with Crippen LogP contribution < -0.4 is 16.2 Å². The van der Waals surface area contributed by atoms with E-state index in [2.05, 4.69) is 27.4 Å². The molecule has 1 fully saturated rings. The number of pyridine rings is 1. The van der Waals surface area contributed by atoms with E-state index in [-0.39, 0.29) is 40.7 Å². The van der Waals surface area contributed by atoms with E-state index in [4.69, 9.17) is 0 Å². The molecule has 1 aromatic carbocycles. The summed E-state index contributed by atoms with van der Waals surface area (Å²) < 4.78 is 55.9. The van der Waals surface area contributed by atoms with Gasteiger partial charge in [0.15, 0.2) is 0 Å². The zero-order valence-electron chi connectivity index (χ0n) is 22.0. The van der Waals surface area contributed by atoms with Gasteiger partial charge in [-0.2, -0.15) is 13.2 Å². The van der Waals surface area contributed by atoms with Crippen LogP contribution in [0, 0.1) is 19.7 Å². The van der Waals surface area contributed by atoms with Crippen LogP contribution in [0.15, 0.2) is 16.9 Å². The fourth-order valence-corrected chi connectivity index (χ4v) is 5.02. The van der Waals surface area contributed by atoms with Crippen LogP contribution in [0.1, 0.15) is 77.8 Å². The van der Waals surface area contributed by atoms with E-state index in [9.17, 15) is 27.2 Å². The third-order valence-electron chi connectivity index (χ3n) is 7.28. The highest BCUT2D eigenvalue weighted by Crippen LogP contribution is 2.35. The lowest BCUT2D eigenvalue weighted by atomic mass is 9.94. The smallest absolute Gasteiger partial charge is 0.382 e. The SMILES string of the molecule is CCCc1c(F)c(C)[nH]c(=O)c1CNC(=O)c1cc(C(F)(F)F)cc(NC2CCN(C)C(CC)C2)c1C. The minimum Gasteiger partial charge on any atom is -0.382 e. The van der Waals surface area contributed by atoms with Crippen LogP contribution in [0.2, 0.25) is 0 Å². The largest absolute Gasteiger partial charge is 0.416 e. The molecule has 0 spiro atoms. The highest BCUT2D eigenvalue weighted by atomic mass is 19.4. The summed E-state index contributed by atoms with van der Waals surface area (Å²) in [7, 11) is 2.04. The first-order valence-corrected chi connectivity index (χ1v) is 12.7. The maximum absolute atomic E-state index is 14.7. The normalized spacial score (nSPS) is 18.6. The molecular weight excluding hydrogens is 488 g/mol. The van der Waals surface area contributed by atoms with Crippen molar-refractivity contribution in [2.24, 2.45) is 0 Å². The Labute approximate surface area is 214 Å². The molecule has 1 saturated heterocycles. The third-order valence-corrected chi connectivity index (χ3v) is 7.28. The average molecular weight is 525 g/mol. The molecule has 3 rings (SSSR count). The molecule has 1 aromatic heterocycles. The van der Waals surface area contributed by atoms with E-state index in [1.807, 2.05) is 14.0 Å². The molecule has 2 heterocycles. The first kappa shape index (κ1) is 28.7. The van der Waals surface area contributed by atoms with Gasteiger partial charge >= 0.3 is 6.18 Å². The van der Waals surface area contributed by atoms with Crippen molar-refractivity contribution >= 4 is 11.6 Å². The molecule has 1 amide bonds. The molecule has 10 heteroatoms. The van der Waals surface area contributed by atoms with Crippen molar-refractivity contribution < 1.29 is 22.4 Å². The van der Waals surface area contributed by atoms with E-state index in [1.54, 1.807) is 6.92 Å². The number of halogens is 4. The predicted octanol–water partition coefficient (Wildman–Crippen LogP) is 5.32. The third kappa shape index (κ3) is 6.52. The molecule has 1 aliphatic rings. The lowest BCUT2D eigenvalue weighted by Gasteiger charge is -2.37. The fourth-order valence-electron chi connectivity index (χ4n) is 5.02. The zero-order valence-corrected chi connectivity index (χ0v) is 22.0. The average Bonchev–Trinajstić information content (AvgIpc) is 2.83. The quantitative estimate of drug-likeness (QED) is 0.409. The van der Waals surface area contributed by atoms with E-state index in [0.717, 1.165) is 37.9 Å². The number of H-pyrrole nitrogens is 1. The Morgan fingerprint density at radius 2 is 1.89 bits per heavy atom. The number of nitrogens with one attached hydrogen (secondary N) is 3. The highest BCUT2D eigenvalue weighted by Gasteiger charge is 2.33. The van der Waals surface area contributed by atoms with Crippen molar-refractivity contribution in [1.29, 1.82) is 0 Å².